The quantitative estimate of drug-likeness (QED) is 0.848. The molecule has 1 aliphatic heterocycles. The van der Waals surface area contributed by atoms with Crippen LogP contribution in [0.4, 0.5) is 10.1 Å². The molecule has 1 fully saturated rings. The average molecular weight is 239 g/mol. The average Bonchev–Trinajstić information content (AvgIpc) is 2.31. The molecule has 0 aliphatic carbocycles. The summed E-state index contributed by atoms with van der Waals surface area (Å²) in [5, 5.41) is 3.34. The van der Waals surface area contributed by atoms with E-state index >= 15 is 0 Å². The van der Waals surface area contributed by atoms with Crippen molar-refractivity contribution in [3.05, 3.63) is 29.6 Å². The first kappa shape index (κ1) is 14.0. The summed E-state index contributed by atoms with van der Waals surface area (Å²) >= 11 is 0. The lowest BCUT2D eigenvalue weighted by molar-refractivity contribution is 0.0904. The van der Waals surface area contributed by atoms with Crippen LogP contribution in [0.15, 0.2) is 18.2 Å². The molecule has 0 radical (unpaired) electrons. The van der Waals surface area contributed by atoms with Crippen LogP contribution in [0, 0.1) is 12.7 Å². The van der Waals surface area contributed by atoms with Crippen LogP contribution in [0.3, 0.4) is 0 Å². The van der Waals surface area contributed by atoms with Gasteiger partial charge < -0.3 is 10.1 Å². The molecule has 1 aromatic rings. The van der Waals surface area contributed by atoms with Crippen LogP contribution in [-0.4, -0.2) is 19.3 Å². The molecule has 17 heavy (non-hydrogen) atoms. The molecule has 96 valence electrons. The van der Waals surface area contributed by atoms with Crippen LogP contribution >= 0.6 is 0 Å². The van der Waals surface area contributed by atoms with Crippen molar-refractivity contribution in [2.45, 2.75) is 39.7 Å². The van der Waals surface area contributed by atoms with Gasteiger partial charge in [0.25, 0.3) is 0 Å². The fraction of sp³-hybridized carbons (Fsp3) is 0.571. The third-order valence-electron chi connectivity index (χ3n) is 2.63. The van der Waals surface area contributed by atoms with Gasteiger partial charge in [0.2, 0.25) is 0 Å². The third-order valence-corrected chi connectivity index (χ3v) is 2.63. The number of rotatable bonds is 2. The molecule has 0 atom stereocenters. The molecule has 0 bridgehead atoms. The molecule has 2 rings (SSSR count). The molecule has 1 aromatic carbocycles. The zero-order valence-electron chi connectivity index (χ0n) is 10.9. The van der Waals surface area contributed by atoms with Gasteiger partial charge in [-0.3, -0.25) is 0 Å². The zero-order chi connectivity index (χ0) is 12.7. The lowest BCUT2D eigenvalue weighted by atomic mass is 10.1. The van der Waals surface area contributed by atoms with E-state index < -0.39 is 0 Å². The van der Waals surface area contributed by atoms with Crippen molar-refractivity contribution < 1.29 is 9.13 Å². The van der Waals surface area contributed by atoms with E-state index in [1.165, 1.54) is 6.07 Å². The number of hydrogen-bond acceptors (Lipinski definition) is 2. The van der Waals surface area contributed by atoms with Gasteiger partial charge in [-0.2, -0.15) is 0 Å². The molecular formula is C14H22FNO. The zero-order valence-corrected chi connectivity index (χ0v) is 10.9. The summed E-state index contributed by atoms with van der Waals surface area (Å²) in [5.74, 6) is -0.176. The molecule has 1 heterocycles. The number of aryl methyl sites for hydroxylation is 1. The van der Waals surface area contributed by atoms with E-state index in [9.17, 15) is 4.39 Å². The van der Waals surface area contributed by atoms with Gasteiger partial charge in [-0.1, -0.05) is 13.8 Å². The van der Waals surface area contributed by atoms with Gasteiger partial charge in [-0.05, 0) is 43.5 Å². The highest BCUT2D eigenvalue weighted by molar-refractivity contribution is 5.46. The number of benzene rings is 1. The minimum Gasteiger partial charge on any atom is -0.382 e. The molecule has 1 N–H and O–H groups in total. The summed E-state index contributed by atoms with van der Waals surface area (Å²) in [6.45, 7) is 7.50. The predicted molar refractivity (Wildman–Crippen MR) is 69.9 cm³/mol. The number of nitrogens with one attached hydrogen (secondary N) is 1. The minimum atomic E-state index is -0.176. The van der Waals surface area contributed by atoms with Gasteiger partial charge in [-0.15, -0.1) is 0 Å². The Morgan fingerprint density at radius 2 is 1.82 bits per heavy atom. The Labute approximate surface area is 103 Å². The van der Waals surface area contributed by atoms with E-state index in [-0.39, 0.29) is 5.82 Å². The summed E-state index contributed by atoms with van der Waals surface area (Å²) in [4.78, 5) is 0. The van der Waals surface area contributed by atoms with Crippen LogP contribution < -0.4 is 5.32 Å². The molecule has 1 saturated heterocycles. The monoisotopic (exact) mass is 239 g/mol. The van der Waals surface area contributed by atoms with Crippen molar-refractivity contribution in [3.63, 3.8) is 0 Å². The van der Waals surface area contributed by atoms with E-state index in [1.807, 2.05) is 26.8 Å². The van der Waals surface area contributed by atoms with Gasteiger partial charge in [-0.25, -0.2) is 4.39 Å². The predicted octanol–water partition coefficient (Wildman–Crippen LogP) is 3.75. The Hall–Kier alpha value is -1.09. The third kappa shape index (κ3) is 4.73. The minimum absolute atomic E-state index is 0.176. The highest BCUT2D eigenvalue weighted by Gasteiger charge is 2.13. The van der Waals surface area contributed by atoms with Gasteiger partial charge in [0.1, 0.15) is 5.82 Å². The van der Waals surface area contributed by atoms with Gasteiger partial charge in [0.05, 0.1) is 0 Å². The van der Waals surface area contributed by atoms with Crippen molar-refractivity contribution in [1.82, 2.24) is 0 Å². The summed E-state index contributed by atoms with van der Waals surface area (Å²) in [6, 6.07) is 5.47. The number of halogens is 1. The van der Waals surface area contributed by atoms with E-state index in [0.717, 1.165) is 37.3 Å². The first-order chi connectivity index (χ1) is 8.24. The number of hydrogen-bond donors (Lipinski definition) is 1. The fourth-order valence-corrected chi connectivity index (χ4v) is 1.90. The van der Waals surface area contributed by atoms with E-state index in [0.29, 0.717) is 6.04 Å². The fourth-order valence-electron chi connectivity index (χ4n) is 1.90. The van der Waals surface area contributed by atoms with Crippen molar-refractivity contribution in [1.29, 1.82) is 0 Å². The Kier molecular flexibility index (Phi) is 5.98. The summed E-state index contributed by atoms with van der Waals surface area (Å²) < 4.78 is 18.4. The van der Waals surface area contributed by atoms with Crippen molar-refractivity contribution >= 4 is 5.69 Å². The maximum absolute atomic E-state index is 13.1. The first-order valence-electron chi connectivity index (χ1n) is 6.35. The second-order valence-corrected chi connectivity index (χ2v) is 4.05. The smallest absolute Gasteiger partial charge is 0.125 e. The molecule has 0 spiro atoms. The number of anilines is 1. The first-order valence-corrected chi connectivity index (χ1v) is 6.35. The molecule has 0 saturated carbocycles. The number of ether oxygens (including phenoxy) is 1. The second-order valence-electron chi connectivity index (χ2n) is 4.05. The van der Waals surface area contributed by atoms with E-state index in [2.05, 4.69) is 5.32 Å². The second kappa shape index (κ2) is 7.28. The summed E-state index contributed by atoms with van der Waals surface area (Å²) in [5.41, 5.74) is 1.82. The summed E-state index contributed by atoms with van der Waals surface area (Å²) in [7, 11) is 0. The Bertz CT molecular complexity index is 315. The maximum Gasteiger partial charge on any atom is 0.125 e. The Morgan fingerprint density at radius 1 is 1.18 bits per heavy atom. The largest absolute Gasteiger partial charge is 0.382 e. The molecule has 1 aliphatic rings. The lowest BCUT2D eigenvalue weighted by Gasteiger charge is -2.24. The molecular weight excluding hydrogens is 217 g/mol. The van der Waals surface area contributed by atoms with Gasteiger partial charge >= 0.3 is 0 Å². The van der Waals surface area contributed by atoms with Gasteiger partial charge in [0, 0.05) is 24.9 Å². The van der Waals surface area contributed by atoms with Crippen molar-refractivity contribution in [2.24, 2.45) is 0 Å². The SMILES string of the molecule is CC.Cc1cc(F)cc(NC2CCOCC2)c1. The van der Waals surface area contributed by atoms with Gasteiger partial charge in [0.15, 0.2) is 0 Å². The maximum atomic E-state index is 13.1. The van der Waals surface area contributed by atoms with Crippen LogP contribution in [-0.2, 0) is 4.74 Å². The molecule has 3 heteroatoms. The summed E-state index contributed by atoms with van der Waals surface area (Å²) in [6.07, 6.45) is 1.99. The molecule has 2 nitrogen and oxygen atoms in total. The van der Waals surface area contributed by atoms with E-state index in [1.54, 1.807) is 6.07 Å². The van der Waals surface area contributed by atoms with Crippen LogP contribution in [0.2, 0.25) is 0 Å². The lowest BCUT2D eigenvalue weighted by Crippen LogP contribution is -2.27. The van der Waals surface area contributed by atoms with Crippen LogP contribution in [0.5, 0.6) is 0 Å². The highest BCUT2D eigenvalue weighted by atomic mass is 19.1. The highest BCUT2D eigenvalue weighted by Crippen LogP contribution is 2.17. The van der Waals surface area contributed by atoms with Crippen molar-refractivity contribution in [3.8, 4) is 0 Å². The topological polar surface area (TPSA) is 21.3 Å². The molecule has 0 aromatic heterocycles. The van der Waals surface area contributed by atoms with Crippen LogP contribution in [0.25, 0.3) is 0 Å². The molecule has 0 amide bonds. The standard InChI is InChI=1S/C12H16FNO.C2H6/c1-9-6-10(13)8-12(7-9)14-11-2-4-15-5-3-11;1-2/h6-8,11,14H,2-5H2,1H3;1-2H3. The Balaban J connectivity index is 0.000000686. The molecule has 0 unspecified atom stereocenters. The normalized spacial score (nSPS) is 16.0. The van der Waals surface area contributed by atoms with E-state index in [4.69, 9.17) is 4.74 Å². The van der Waals surface area contributed by atoms with Crippen molar-refractivity contribution in [2.75, 3.05) is 18.5 Å². The Morgan fingerprint density at radius 3 is 2.41 bits per heavy atom. The van der Waals surface area contributed by atoms with Crippen LogP contribution in [0.1, 0.15) is 32.3 Å².